The van der Waals surface area contributed by atoms with Crippen molar-refractivity contribution in [2.24, 2.45) is 5.73 Å². The van der Waals surface area contributed by atoms with E-state index in [0.29, 0.717) is 12.5 Å². The van der Waals surface area contributed by atoms with E-state index in [1.54, 1.807) is 0 Å². The Balaban J connectivity index is 2.05. The largest absolute Gasteiger partial charge is 0.325 e. The van der Waals surface area contributed by atoms with Gasteiger partial charge in [-0.1, -0.05) is 15.9 Å². The summed E-state index contributed by atoms with van der Waals surface area (Å²) >= 11 is 3.45. The van der Waals surface area contributed by atoms with Crippen molar-refractivity contribution in [2.75, 3.05) is 0 Å². The predicted octanol–water partition coefficient (Wildman–Crippen LogP) is 2.97. The third kappa shape index (κ3) is 2.15. The first kappa shape index (κ1) is 11.0. The Morgan fingerprint density at radius 1 is 1.29 bits per heavy atom. The molecule has 1 aliphatic carbocycles. The highest BCUT2D eigenvalue weighted by Crippen LogP contribution is 2.41. The van der Waals surface area contributed by atoms with Crippen molar-refractivity contribution in [2.45, 2.75) is 25.3 Å². The van der Waals surface area contributed by atoms with Crippen molar-refractivity contribution in [3.63, 3.8) is 0 Å². The van der Waals surface area contributed by atoms with E-state index in [1.807, 2.05) is 16.8 Å². The molecule has 17 heavy (non-hydrogen) atoms. The normalized spacial score (nSPS) is 15.2. The van der Waals surface area contributed by atoms with Crippen LogP contribution in [0.2, 0.25) is 0 Å². The fraction of sp³-hybridized carbons (Fsp3) is 0.308. The van der Waals surface area contributed by atoms with Crippen LogP contribution in [0.3, 0.4) is 0 Å². The molecule has 88 valence electrons. The Labute approximate surface area is 109 Å². The van der Waals surface area contributed by atoms with Crippen LogP contribution in [-0.2, 0) is 6.54 Å². The summed E-state index contributed by atoms with van der Waals surface area (Å²) in [5.41, 5.74) is 9.04. The van der Waals surface area contributed by atoms with Gasteiger partial charge in [-0.05, 0) is 43.2 Å². The van der Waals surface area contributed by atoms with Crippen molar-refractivity contribution in [1.29, 1.82) is 0 Å². The van der Waals surface area contributed by atoms with Gasteiger partial charge in [-0.2, -0.15) is 5.10 Å². The molecule has 1 aromatic heterocycles. The van der Waals surface area contributed by atoms with Crippen molar-refractivity contribution in [1.82, 2.24) is 9.78 Å². The zero-order chi connectivity index (χ0) is 11.8. The van der Waals surface area contributed by atoms with Crippen molar-refractivity contribution in [3.8, 4) is 5.69 Å². The number of nitrogens with zero attached hydrogens (tertiary/aromatic N) is 2. The number of benzene rings is 1. The van der Waals surface area contributed by atoms with E-state index in [-0.39, 0.29) is 0 Å². The van der Waals surface area contributed by atoms with Crippen molar-refractivity contribution >= 4 is 15.9 Å². The van der Waals surface area contributed by atoms with Crippen LogP contribution in [-0.4, -0.2) is 9.78 Å². The van der Waals surface area contributed by atoms with E-state index in [9.17, 15) is 0 Å². The fourth-order valence-electron chi connectivity index (χ4n) is 2.01. The van der Waals surface area contributed by atoms with Gasteiger partial charge in [0.25, 0.3) is 0 Å². The van der Waals surface area contributed by atoms with E-state index in [2.05, 4.69) is 39.2 Å². The molecule has 0 aliphatic heterocycles. The zero-order valence-electron chi connectivity index (χ0n) is 9.44. The van der Waals surface area contributed by atoms with Crippen LogP contribution < -0.4 is 5.73 Å². The average molecular weight is 292 g/mol. The number of nitrogens with two attached hydrogens (primary N) is 1. The van der Waals surface area contributed by atoms with E-state index in [0.717, 1.165) is 15.9 Å². The van der Waals surface area contributed by atoms with Crippen LogP contribution in [0, 0.1) is 0 Å². The molecule has 0 saturated heterocycles. The zero-order valence-corrected chi connectivity index (χ0v) is 11.0. The first-order valence-electron chi connectivity index (χ1n) is 5.83. The molecule has 0 bridgehead atoms. The molecule has 0 radical (unpaired) electrons. The summed E-state index contributed by atoms with van der Waals surface area (Å²) in [5, 5.41) is 4.57. The fourth-order valence-corrected chi connectivity index (χ4v) is 2.27. The first-order valence-corrected chi connectivity index (χ1v) is 6.62. The van der Waals surface area contributed by atoms with Gasteiger partial charge in [-0.15, -0.1) is 0 Å². The Morgan fingerprint density at radius 2 is 2.00 bits per heavy atom. The second-order valence-electron chi connectivity index (χ2n) is 4.43. The predicted molar refractivity (Wildman–Crippen MR) is 71.1 cm³/mol. The van der Waals surface area contributed by atoms with E-state index >= 15 is 0 Å². The standard InChI is InChI=1S/C13H14BrN3/c14-10-3-5-12(6-4-10)17-13(9-1-2-9)7-11(8-15)16-17/h3-7,9H,1-2,8,15H2. The molecule has 0 unspecified atom stereocenters. The lowest BCUT2D eigenvalue weighted by Gasteiger charge is -2.06. The van der Waals surface area contributed by atoms with Crippen LogP contribution >= 0.6 is 15.9 Å². The molecule has 3 nitrogen and oxygen atoms in total. The van der Waals surface area contributed by atoms with E-state index in [1.165, 1.54) is 18.5 Å². The average Bonchev–Trinajstić information content (AvgIpc) is 3.10. The summed E-state index contributed by atoms with van der Waals surface area (Å²) in [4.78, 5) is 0. The number of hydrogen-bond acceptors (Lipinski definition) is 2. The van der Waals surface area contributed by atoms with Crippen LogP contribution in [0.5, 0.6) is 0 Å². The number of rotatable bonds is 3. The van der Waals surface area contributed by atoms with Gasteiger partial charge in [-0.25, -0.2) is 4.68 Å². The maximum Gasteiger partial charge on any atom is 0.0767 e. The van der Waals surface area contributed by atoms with Gasteiger partial charge in [-0.3, -0.25) is 0 Å². The highest BCUT2D eigenvalue weighted by molar-refractivity contribution is 9.10. The van der Waals surface area contributed by atoms with Gasteiger partial charge in [0.2, 0.25) is 0 Å². The van der Waals surface area contributed by atoms with Gasteiger partial charge < -0.3 is 5.73 Å². The summed E-state index contributed by atoms with van der Waals surface area (Å²) in [5.74, 6) is 0.673. The lowest BCUT2D eigenvalue weighted by molar-refractivity contribution is 0.786. The SMILES string of the molecule is NCc1cc(C2CC2)n(-c2ccc(Br)cc2)n1. The van der Waals surface area contributed by atoms with Gasteiger partial charge in [0.1, 0.15) is 0 Å². The maximum atomic E-state index is 5.67. The van der Waals surface area contributed by atoms with E-state index < -0.39 is 0 Å². The Kier molecular flexibility index (Phi) is 2.76. The molecular weight excluding hydrogens is 278 g/mol. The molecule has 3 rings (SSSR count). The van der Waals surface area contributed by atoms with Crippen molar-refractivity contribution < 1.29 is 0 Å². The molecule has 0 spiro atoms. The Morgan fingerprint density at radius 3 is 2.59 bits per heavy atom. The molecule has 1 saturated carbocycles. The molecule has 2 aromatic rings. The molecule has 1 heterocycles. The number of halogens is 1. The summed E-state index contributed by atoms with van der Waals surface area (Å²) in [6, 6.07) is 10.4. The monoisotopic (exact) mass is 291 g/mol. The van der Waals surface area contributed by atoms with Crippen LogP contribution in [0.4, 0.5) is 0 Å². The first-order chi connectivity index (χ1) is 8.28. The molecule has 1 aromatic carbocycles. The molecule has 4 heteroatoms. The van der Waals surface area contributed by atoms with Crippen LogP contribution in [0.1, 0.15) is 30.1 Å². The second kappa shape index (κ2) is 4.27. The highest BCUT2D eigenvalue weighted by Gasteiger charge is 2.28. The lowest BCUT2D eigenvalue weighted by atomic mass is 10.2. The van der Waals surface area contributed by atoms with Crippen LogP contribution in [0.15, 0.2) is 34.8 Å². The molecular formula is C13H14BrN3. The summed E-state index contributed by atoms with van der Waals surface area (Å²) < 4.78 is 3.12. The molecule has 0 amide bonds. The Bertz CT molecular complexity index is 526. The molecule has 0 atom stereocenters. The Hall–Kier alpha value is -1.13. The minimum Gasteiger partial charge on any atom is -0.325 e. The van der Waals surface area contributed by atoms with Crippen molar-refractivity contribution in [3.05, 3.63) is 46.2 Å². The quantitative estimate of drug-likeness (QED) is 0.945. The minimum absolute atomic E-state index is 0.503. The minimum atomic E-state index is 0.503. The van der Waals surface area contributed by atoms with Gasteiger partial charge in [0.15, 0.2) is 0 Å². The third-order valence-corrected chi connectivity index (χ3v) is 3.59. The highest BCUT2D eigenvalue weighted by atomic mass is 79.9. The molecule has 1 fully saturated rings. The van der Waals surface area contributed by atoms with E-state index in [4.69, 9.17) is 5.73 Å². The second-order valence-corrected chi connectivity index (χ2v) is 5.34. The third-order valence-electron chi connectivity index (χ3n) is 3.06. The summed E-state index contributed by atoms with van der Waals surface area (Å²) in [7, 11) is 0. The summed E-state index contributed by atoms with van der Waals surface area (Å²) in [6.45, 7) is 0.503. The van der Waals surface area contributed by atoms with Gasteiger partial charge >= 0.3 is 0 Å². The summed E-state index contributed by atoms with van der Waals surface area (Å²) in [6.07, 6.45) is 2.54. The van der Waals surface area contributed by atoms with Gasteiger partial charge in [0, 0.05) is 22.6 Å². The maximum absolute atomic E-state index is 5.67. The number of aromatic nitrogens is 2. The number of hydrogen-bond donors (Lipinski definition) is 1. The van der Waals surface area contributed by atoms with Gasteiger partial charge in [0.05, 0.1) is 11.4 Å². The smallest absolute Gasteiger partial charge is 0.0767 e. The molecule has 2 N–H and O–H groups in total. The van der Waals surface area contributed by atoms with Crippen LogP contribution in [0.25, 0.3) is 5.69 Å². The topological polar surface area (TPSA) is 43.8 Å². The lowest BCUT2D eigenvalue weighted by Crippen LogP contribution is -2.02. The molecule has 1 aliphatic rings.